The molecule has 0 amide bonds. The van der Waals surface area contributed by atoms with Crippen LogP contribution in [0.3, 0.4) is 0 Å². The van der Waals surface area contributed by atoms with Crippen molar-refractivity contribution in [1.82, 2.24) is 24.8 Å². The Kier molecular flexibility index (Phi) is 5.72. The summed E-state index contributed by atoms with van der Waals surface area (Å²) in [7, 11) is 1.74. The zero-order valence-corrected chi connectivity index (χ0v) is 17.8. The third-order valence-corrected chi connectivity index (χ3v) is 5.28. The number of benzene rings is 1. The second-order valence-corrected chi connectivity index (χ2v) is 7.20. The number of imidazole rings is 1. The van der Waals surface area contributed by atoms with Crippen LogP contribution in [0, 0.1) is 24.1 Å². The van der Waals surface area contributed by atoms with E-state index in [0.717, 1.165) is 5.56 Å². The normalized spacial score (nSPS) is 12.2. The first-order valence-corrected chi connectivity index (χ1v) is 9.92. The van der Waals surface area contributed by atoms with E-state index in [2.05, 4.69) is 25.4 Å². The van der Waals surface area contributed by atoms with Crippen LogP contribution in [0.15, 0.2) is 65.7 Å². The van der Waals surface area contributed by atoms with Crippen LogP contribution >= 0.6 is 0 Å². The molecule has 0 radical (unpaired) electrons. The first kappa shape index (κ1) is 21.2. The SMILES string of the molecule is CN/C(=C(/C)N=N)c1ccc2nc(C)n(C(c3ncccc3F)c3ncccc3F)c2c1. The lowest BCUT2D eigenvalue weighted by Crippen LogP contribution is -2.19. The lowest BCUT2D eigenvalue weighted by molar-refractivity contribution is 0.519. The summed E-state index contributed by atoms with van der Waals surface area (Å²) in [5, 5.41) is 6.59. The van der Waals surface area contributed by atoms with Crippen LogP contribution in [0.1, 0.15) is 35.7 Å². The zero-order chi connectivity index (χ0) is 22.8. The van der Waals surface area contributed by atoms with Crippen molar-refractivity contribution < 1.29 is 8.78 Å². The number of hydrogen-bond acceptors (Lipinski definition) is 6. The molecule has 3 heterocycles. The fourth-order valence-corrected chi connectivity index (χ4v) is 3.86. The van der Waals surface area contributed by atoms with Gasteiger partial charge in [-0.1, -0.05) is 6.07 Å². The maximum Gasteiger partial charge on any atom is 0.147 e. The van der Waals surface area contributed by atoms with Crippen LogP contribution in [0.25, 0.3) is 16.7 Å². The van der Waals surface area contributed by atoms with E-state index in [9.17, 15) is 8.78 Å². The number of aryl methyl sites for hydroxylation is 1. The molecule has 0 saturated carbocycles. The van der Waals surface area contributed by atoms with E-state index in [1.165, 1.54) is 36.7 Å². The van der Waals surface area contributed by atoms with Gasteiger partial charge in [0.2, 0.25) is 0 Å². The van der Waals surface area contributed by atoms with Gasteiger partial charge in [-0.3, -0.25) is 9.97 Å². The summed E-state index contributed by atoms with van der Waals surface area (Å²) in [6.45, 7) is 3.49. The van der Waals surface area contributed by atoms with Gasteiger partial charge in [0.25, 0.3) is 0 Å². The van der Waals surface area contributed by atoms with E-state index >= 15 is 0 Å². The summed E-state index contributed by atoms with van der Waals surface area (Å²) in [6, 6.07) is 10.1. The van der Waals surface area contributed by atoms with Crippen molar-refractivity contribution in [3.8, 4) is 0 Å². The van der Waals surface area contributed by atoms with Crippen LogP contribution in [0.4, 0.5) is 8.78 Å². The van der Waals surface area contributed by atoms with Gasteiger partial charge < -0.3 is 9.88 Å². The van der Waals surface area contributed by atoms with E-state index in [-0.39, 0.29) is 11.4 Å². The summed E-state index contributed by atoms with van der Waals surface area (Å²) in [6.07, 6.45) is 2.93. The van der Waals surface area contributed by atoms with Crippen molar-refractivity contribution in [1.29, 1.82) is 5.53 Å². The molecule has 32 heavy (non-hydrogen) atoms. The predicted molar refractivity (Wildman–Crippen MR) is 117 cm³/mol. The highest BCUT2D eigenvalue weighted by Crippen LogP contribution is 2.33. The molecule has 0 bridgehead atoms. The van der Waals surface area contributed by atoms with Gasteiger partial charge in [-0.05, 0) is 50.2 Å². The van der Waals surface area contributed by atoms with Gasteiger partial charge in [-0.15, -0.1) is 0 Å². The van der Waals surface area contributed by atoms with Gasteiger partial charge in [0.15, 0.2) is 0 Å². The van der Waals surface area contributed by atoms with Crippen molar-refractivity contribution in [3.63, 3.8) is 0 Å². The number of aromatic nitrogens is 4. The number of pyridine rings is 2. The van der Waals surface area contributed by atoms with E-state index < -0.39 is 17.7 Å². The number of fused-ring (bicyclic) bond motifs is 1. The van der Waals surface area contributed by atoms with Crippen molar-refractivity contribution >= 4 is 16.7 Å². The smallest absolute Gasteiger partial charge is 0.147 e. The molecule has 162 valence electrons. The molecule has 4 rings (SSSR count). The lowest BCUT2D eigenvalue weighted by Gasteiger charge is -2.21. The minimum absolute atomic E-state index is 0.0413. The van der Waals surface area contributed by atoms with Crippen LogP contribution in [-0.4, -0.2) is 26.6 Å². The van der Waals surface area contributed by atoms with Gasteiger partial charge in [0.05, 0.1) is 22.4 Å². The number of allylic oxidation sites excluding steroid dienone is 1. The van der Waals surface area contributed by atoms with E-state index in [1.54, 1.807) is 25.5 Å². The largest absolute Gasteiger partial charge is 0.386 e. The van der Waals surface area contributed by atoms with Crippen LogP contribution in [0.2, 0.25) is 0 Å². The Morgan fingerprint density at radius 1 is 1.06 bits per heavy atom. The fraction of sp³-hybridized carbons (Fsp3) is 0.174. The quantitative estimate of drug-likeness (QED) is 0.419. The lowest BCUT2D eigenvalue weighted by atomic mass is 10.1. The first-order valence-electron chi connectivity index (χ1n) is 9.92. The Labute approximate surface area is 183 Å². The minimum Gasteiger partial charge on any atom is -0.386 e. The monoisotopic (exact) mass is 433 g/mol. The van der Waals surface area contributed by atoms with Crippen molar-refractivity contribution in [2.75, 3.05) is 7.05 Å². The second-order valence-electron chi connectivity index (χ2n) is 7.20. The van der Waals surface area contributed by atoms with Gasteiger partial charge in [-0.2, -0.15) is 5.11 Å². The summed E-state index contributed by atoms with van der Waals surface area (Å²) >= 11 is 0. The molecule has 0 aliphatic heterocycles. The molecule has 1 aromatic carbocycles. The molecule has 2 N–H and O–H groups in total. The molecule has 0 saturated heterocycles. The highest BCUT2D eigenvalue weighted by Gasteiger charge is 2.28. The van der Waals surface area contributed by atoms with E-state index in [1.807, 2.05) is 18.2 Å². The van der Waals surface area contributed by atoms with Gasteiger partial charge in [0, 0.05) is 25.0 Å². The Balaban J connectivity index is 2.04. The standard InChI is InChI=1S/C23H21F2N7/c1-13(31-26)20(27-3)15-8-9-18-19(12-15)32(14(2)30-18)23(21-16(24)6-4-10-28-21)22-17(25)7-5-11-29-22/h4-12,23,26-27H,1-3H3/b20-13-,31-26?. The minimum atomic E-state index is -0.971. The first-order chi connectivity index (χ1) is 15.5. The third kappa shape index (κ3) is 3.62. The maximum absolute atomic E-state index is 14.9. The van der Waals surface area contributed by atoms with Crippen molar-refractivity contribution in [2.45, 2.75) is 19.9 Å². The Hall–Kier alpha value is -4.01. The Bertz CT molecular complexity index is 1300. The summed E-state index contributed by atoms with van der Waals surface area (Å²) in [5.41, 5.74) is 10.7. The van der Waals surface area contributed by atoms with Crippen molar-refractivity contribution in [2.24, 2.45) is 5.11 Å². The maximum atomic E-state index is 14.9. The molecule has 0 atom stereocenters. The molecule has 4 aromatic rings. The molecule has 0 aliphatic carbocycles. The molecule has 3 aromatic heterocycles. The summed E-state index contributed by atoms with van der Waals surface area (Å²) in [5.74, 6) is -0.589. The number of halogens is 2. The number of nitrogens with zero attached hydrogens (tertiary/aromatic N) is 5. The van der Waals surface area contributed by atoms with Gasteiger partial charge in [0.1, 0.15) is 34.9 Å². The number of nitrogens with one attached hydrogen (secondary N) is 2. The van der Waals surface area contributed by atoms with Crippen LogP contribution in [-0.2, 0) is 0 Å². The van der Waals surface area contributed by atoms with Gasteiger partial charge in [-0.25, -0.2) is 19.3 Å². The summed E-state index contributed by atoms with van der Waals surface area (Å²) < 4.78 is 31.5. The molecule has 0 fully saturated rings. The highest BCUT2D eigenvalue weighted by atomic mass is 19.1. The number of hydrogen-bond donors (Lipinski definition) is 2. The topological polar surface area (TPSA) is 91.8 Å². The Morgan fingerprint density at radius 2 is 1.69 bits per heavy atom. The van der Waals surface area contributed by atoms with Gasteiger partial charge >= 0.3 is 0 Å². The third-order valence-electron chi connectivity index (χ3n) is 5.28. The molecular formula is C23H21F2N7. The number of rotatable bonds is 6. The highest BCUT2D eigenvalue weighted by molar-refractivity contribution is 5.82. The average molecular weight is 433 g/mol. The molecule has 9 heteroatoms. The van der Waals surface area contributed by atoms with Crippen LogP contribution in [0.5, 0.6) is 0 Å². The van der Waals surface area contributed by atoms with Crippen molar-refractivity contribution in [3.05, 3.63) is 95.0 Å². The molecule has 7 nitrogen and oxygen atoms in total. The van der Waals surface area contributed by atoms with E-state index in [4.69, 9.17) is 5.53 Å². The predicted octanol–water partition coefficient (Wildman–Crippen LogP) is 4.99. The zero-order valence-electron chi connectivity index (χ0n) is 17.8. The summed E-state index contributed by atoms with van der Waals surface area (Å²) in [4.78, 5) is 13.0. The van der Waals surface area contributed by atoms with E-state index in [0.29, 0.717) is 28.3 Å². The second kappa shape index (κ2) is 8.62. The van der Waals surface area contributed by atoms with Crippen LogP contribution < -0.4 is 5.32 Å². The molecule has 0 aliphatic rings. The average Bonchev–Trinajstić information content (AvgIpc) is 3.12. The Morgan fingerprint density at radius 3 is 2.22 bits per heavy atom. The molecular weight excluding hydrogens is 412 g/mol. The molecule has 0 spiro atoms. The fourth-order valence-electron chi connectivity index (χ4n) is 3.86. The molecule has 0 unspecified atom stereocenters.